The Hall–Kier alpha value is -7.80. The first-order valence-corrected chi connectivity index (χ1v) is 36.6. The molecule has 10 aromatic rings. The minimum atomic E-state index is 1.39. The smallest absolute Gasteiger partial charge is 0.0392 e. The van der Waals surface area contributed by atoms with Crippen molar-refractivity contribution in [3.8, 4) is 0 Å². The van der Waals surface area contributed by atoms with Crippen molar-refractivity contribution in [1.29, 1.82) is 0 Å². The van der Waals surface area contributed by atoms with Crippen LogP contribution in [0.4, 0.5) is 0 Å². The van der Waals surface area contributed by atoms with E-state index in [4.69, 9.17) is 0 Å². The molecule has 10 aromatic carbocycles. The maximum Gasteiger partial charge on any atom is -0.0392 e. The zero-order valence-electron chi connectivity index (χ0n) is 71.5. The zero-order chi connectivity index (χ0) is 77.2. The Morgan fingerprint density at radius 1 is 0.0700 bits per heavy atom. The third-order valence-corrected chi connectivity index (χ3v) is 23.3. The fourth-order valence-corrected chi connectivity index (χ4v) is 10.9. The van der Waals surface area contributed by atoms with E-state index >= 15 is 0 Å². The molecule has 0 unspecified atom stereocenters. The molecule has 0 radical (unpaired) electrons. The van der Waals surface area contributed by atoms with E-state index in [9.17, 15) is 0 Å². The lowest BCUT2D eigenvalue weighted by Crippen LogP contribution is -1.88. The van der Waals surface area contributed by atoms with E-state index in [2.05, 4.69) is 398 Å². The molecule has 0 atom stereocenters. The maximum atomic E-state index is 2.18. The number of benzene rings is 10. The fourth-order valence-electron chi connectivity index (χ4n) is 10.9. The summed E-state index contributed by atoms with van der Waals surface area (Å²) in [6.45, 7) is 86.7. The second-order valence-electron chi connectivity index (χ2n) is 29.5. The fraction of sp³-hybridized carbons (Fsp3) is 0.400. The molecule has 0 nitrogen and oxygen atoms in total. The van der Waals surface area contributed by atoms with Gasteiger partial charge in [-0.2, -0.15) is 0 Å². The summed E-state index contributed by atoms with van der Waals surface area (Å²) in [4.78, 5) is 0. The van der Waals surface area contributed by atoms with Crippen molar-refractivity contribution in [1.82, 2.24) is 0 Å². The van der Waals surface area contributed by atoms with E-state index in [1.54, 1.807) is 0 Å². The van der Waals surface area contributed by atoms with Crippen LogP contribution in [0.15, 0.2) is 121 Å². The predicted octanol–water partition coefficient (Wildman–Crippen LogP) is 29.2. The second-order valence-corrected chi connectivity index (χ2v) is 29.5. The molecule has 0 heterocycles. The molecule has 0 heteroatoms. The monoisotopic (exact) mass is 1340 g/mol. The van der Waals surface area contributed by atoms with Crippen LogP contribution in [0.2, 0.25) is 0 Å². The summed E-state index contributed by atoms with van der Waals surface area (Å²) in [5.41, 5.74) is 56.4. The highest BCUT2D eigenvalue weighted by Crippen LogP contribution is 2.23. The second kappa shape index (κ2) is 42.5. The zero-order valence-corrected chi connectivity index (χ0v) is 71.5. The summed E-state index contributed by atoms with van der Waals surface area (Å²) in [6, 6.07) is 43.6. The third-order valence-electron chi connectivity index (χ3n) is 23.3. The van der Waals surface area contributed by atoms with Gasteiger partial charge in [-0.05, 0) is 499 Å². The van der Waals surface area contributed by atoms with Gasteiger partial charge in [-0.3, -0.25) is 0 Å². The van der Waals surface area contributed by atoms with Crippen molar-refractivity contribution < 1.29 is 0 Å². The molecule has 0 fully saturated rings. The highest BCUT2D eigenvalue weighted by molar-refractivity contribution is 5.45. The van der Waals surface area contributed by atoms with Gasteiger partial charge in [0, 0.05) is 0 Å². The molecule has 0 aromatic heterocycles. The summed E-state index contributed by atoms with van der Waals surface area (Å²) in [7, 11) is 0. The molecule has 0 saturated carbocycles. The standard InChI is InChI=1S/10C10H14/c10*1-7-5-6-8(2)10(4)9(7)3/h10*5-6H,1-4H3. The van der Waals surface area contributed by atoms with Crippen LogP contribution in [0, 0.1) is 277 Å². The predicted molar refractivity (Wildman–Crippen MR) is 454 cm³/mol. The van der Waals surface area contributed by atoms with E-state index < -0.39 is 0 Å². The lowest BCUT2D eigenvalue weighted by Gasteiger charge is -2.06. The lowest BCUT2D eigenvalue weighted by atomic mass is 10.0. The molecular weight excluding hydrogens is 1200 g/mol. The molecule has 10 rings (SSSR count). The third kappa shape index (κ3) is 27.3. The topological polar surface area (TPSA) is 0 Å². The average molecular weight is 1340 g/mol. The van der Waals surface area contributed by atoms with Crippen molar-refractivity contribution >= 4 is 0 Å². The molecule has 0 aliphatic rings. The van der Waals surface area contributed by atoms with Crippen molar-refractivity contribution in [2.24, 2.45) is 0 Å². The largest absolute Gasteiger partial charge is 0.0588 e. The number of rotatable bonds is 0. The summed E-state index contributed by atoms with van der Waals surface area (Å²) < 4.78 is 0. The molecule has 0 saturated heterocycles. The van der Waals surface area contributed by atoms with Gasteiger partial charge >= 0.3 is 0 Å². The molecule has 0 N–H and O–H groups in total. The van der Waals surface area contributed by atoms with Gasteiger partial charge in [-0.15, -0.1) is 0 Å². The van der Waals surface area contributed by atoms with Gasteiger partial charge in [0.05, 0.1) is 0 Å². The van der Waals surface area contributed by atoms with Crippen LogP contribution in [0.1, 0.15) is 223 Å². The summed E-state index contributed by atoms with van der Waals surface area (Å²) in [5.74, 6) is 0. The highest BCUT2D eigenvalue weighted by atomic mass is 14.1. The van der Waals surface area contributed by atoms with E-state index in [0.29, 0.717) is 0 Å². The minimum absolute atomic E-state index is 1.39. The van der Waals surface area contributed by atoms with Crippen LogP contribution in [-0.2, 0) is 0 Å². The van der Waals surface area contributed by atoms with Gasteiger partial charge in [0.25, 0.3) is 0 Å². The van der Waals surface area contributed by atoms with Gasteiger partial charge in [0.1, 0.15) is 0 Å². The highest BCUT2D eigenvalue weighted by Gasteiger charge is 2.05. The Morgan fingerprint density at radius 2 is 0.100 bits per heavy atom. The maximum absolute atomic E-state index is 2.18. The van der Waals surface area contributed by atoms with Crippen molar-refractivity contribution in [2.75, 3.05) is 0 Å². The SMILES string of the molecule is Cc1ccc(C)c(C)c1C.Cc1ccc(C)c(C)c1C.Cc1ccc(C)c(C)c1C.Cc1ccc(C)c(C)c1C.Cc1ccc(C)c(C)c1C.Cc1ccc(C)c(C)c1C.Cc1ccc(C)c(C)c1C.Cc1ccc(C)c(C)c1C.Cc1ccc(C)c(C)c1C.Cc1ccc(C)c(C)c1C. The molecule has 100 heavy (non-hydrogen) atoms. The molecule has 0 aliphatic carbocycles. The van der Waals surface area contributed by atoms with E-state index in [-0.39, 0.29) is 0 Å². The quantitative estimate of drug-likeness (QED) is 0.142. The Kier molecular flexibility index (Phi) is 38.3. The Balaban J connectivity index is 0.000000556. The normalized spacial score (nSPS) is 10.0. The molecule has 0 amide bonds. The summed E-state index contributed by atoms with van der Waals surface area (Å²) in [5, 5.41) is 0. The molecular formula is C100H140. The van der Waals surface area contributed by atoms with Gasteiger partial charge < -0.3 is 0 Å². The Bertz CT molecular complexity index is 3120. The van der Waals surface area contributed by atoms with Gasteiger partial charge in [0.15, 0.2) is 0 Å². The molecule has 540 valence electrons. The van der Waals surface area contributed by atoms with Crippen LogP contribution < -0.4 is 0 Å². The van der Waals surface area contributed by atoms with E-state index in [1.807, 2.05) is 0 Å². The number of hydrogen-bond acceptors (Lipinski definition) is 0. The van der Waals surface area contributed by atoms with Crippen LogP contribution in [0.25, 0.3) is 0 Å². The first kappa shape index (κ1) is 90.2. The van der Waals surface area contributed by atoms with Gasteiger partial charge in [-0.25, -0.2) is 0 Å². The summed E-state index contributed by atoms with van der Waals surface area (Å²) >= 11 is 0. The molecule has 0 spiro atoms. The van der Waals surface area contributed by atoms with Gasteiger partial charge in [0.2, 0.25) is 0 Å². The van der Waals surface area contributed by atoms with Crippen molar-refractivity contribution in [3.63, 3.8) is 0 Å². The van der Waals surface area contributed by atoms with Crippen LogP contribution in [-0.4, -0.2) is 0 Å². The van der Waals surface area contributed by atoms with E-state index in [0.717, 1.165) is 0 Å². The number of aryl methyl sites for hydroxylation is 20. The van der Waals surface area contributed by atoms with Crippen LogP contribution in [0.3, 0.4) is 0 Å². The van der Waals surface area contributed by atoms with Gasteiger partial charge in [-0.1, -0.05) is 121 Å². The van der Waals surface area contributed by atoms with Crippen molar-refractivity contribution in [3.05, 3.63) is 344 Å². The number of hydrogen-bond donors (Lipinski definition) is 0. The first-order valence-electron chi connectivity index (χ1n) is 36.6. The molecule has 0 bridgehead atoms. The Labute approximate surface area is 617 Å². The Morgan fingerprint density at radius 3 is 0.130 bits per heavy atom. The van der Waals surface area contributed by atoms with Crippen molar-refractivity contribution in [2.45, 2.75) is 277 Å². The summed E-state index contributed by atoms with van der Waals surface area (Å²) in [6.07, 6.45) is 0. The lowest BCUT2D eigenvalue weighted by molar-refractivity contribution is 1.22. The minimum Gasteiger partial charge on any atom is -0.0588 e. The van der Waals surface area contributed by atoms with E-state index in [1.165, 1.54) is 223 Å². The first-order chi connectivity index (χ1) is 46.3. The average Bonchev–Trinajstić information content (AvgIpc) is 1.06. The van der Waals surface area contributed by atoms with Crippen LogP contribution in [0.5, 0.6) is 0 Å². The van der Waals surface area contributed by atoms with Crippen LogP contribution >= 0.6 is 0 Å². The molecule has 0 aliphatic heterocycles.